The van der Waals surface area contributed by atoms with E-state index in [1.807, 2.05) is 30.3 Å². The van der Waals surface area contributed by atoms with E-state index in [0.717, 1.165) is 5.56 Å². The second-order valence-corrected chi connectivity index (χ2v) is 3.92. The SMILES string of the molecule is COC(=O)CC(O)CNC(=O)C=Cc1ccccc1. The summed E-state index contributed by atoms with van der Waals surface area (Å²) in [6.07, 6.45) is 1.96. The summed E-state index contributed by atoms with van der Waals surface area (Å²) in [7, 11) is 1.25. The van der Waals surface area contributed by atoms with Crippen LogP contribution in [0.1, 0.15) is 12.0 Å². The Balaban J connectivity index is 2.32. The van der Waals surface area contributed by atoms with Crippen LogP contribution in [0.3, 0.4) is 0 Å². The number of benzene rings is 1. The van der Waals surface area contributed by atoms with Gasteiger partial charge in [-0.05, 0) is 11.6 Å². The Bertz CT molecular complexity index is 442. The molecule has 5 heteroatoms. The molecule has 1 amide bonds. The lowest BCUT2D eigenvalue weighted by molar-refractivity contribution is -0.143. The smallest absolute Gasteiger partial charge is 0.308 e. The van der Waals surface area contributed by atoms with E-state index in [1.54, 1.807) is 6.08 Å². The monoisotopic (exact) mass is 263 g/mol. The van der Waals surface area contributed by atoms with Gasteiger partial charge in [0.2, 0.25) is 5.91 Å². The number of nitrogens with one attached hydrogen (secondary N) is 1. The van der Waals surface area contributed by atoms with Crippen LogP contribution in [-0.4, -0.2) is 36.7 Å². The summed E-state index contributed by atoms with van der Waals surface area (Å²) in [5, 5.41) is 11.9. The number of amides is 1. The highest BCUT2D eigenvalue weighted by Gasteiger charge is 2.11. The van der Waals surface area contributed by atoms with Crippen molar-refractivity contribution in [3.8, 4) is 0 Å². The first-order chi connectivity index (χ1) is 9.11. The Kier molecular flexibility index (Phi) is 6.32. The topological polar surface area (TPSA) is 75.6 Å². The molecule has 1 atom stereocenters. The average molecular weight is 263 g/mol. The van der Waals surface area contributed by atoms with Crippen molar-refractivity contribution >= 4 is 18.0 Å². The van der Waals surface area contributed by atoms with Gasteiger partial charge in [-0.25, -0.2) is 0 Å². The van der Waals surface area contributed by atoms with Gasteiger partial charge < -0.3 is 15.2 Å². The van der Waals surface area contributed by atoms with Crippen LogP contribution in [-0.2, 0) is 14.3 Å². The summed E-state index contributed by atoms with van der Waals surface area (Å²) in [4.78, 5) is 22.3. The second-order valence-electron chi connectivity index (χ2n) is 3.92. The minimum Gasteiger partial charge on any atom is -0.469 e. The molecule has 0 saturated carbocycles. The molecule has 0 aliphatic rings. The quantitative estimate of drug-likeness (QED) is 0.586. The van der Waals surface area contributed by atoms with Crippen LogP contribution in [0.5, 0.6) is 0 Å². The molecule has 1 aromatic carbocycles. The lowest BCUT2D eigenvalue weighted by Crippen LogP contribution is -2.32. The fourth-order valence-electron chi connectivity index (χ4n) is 1.36. The number of ether oxygens (including phenoxy) is 1. The second kappa shape index (κ2) is 8.05. The Morgan fingerprint density at radius 1 is 1.37 bits per heavy atom. The molecule has 0 spiro atoms. The fourth-order valence-corrected chi connectivity index (χ4v) is 1.36. The van der Waals surface area contributed by atoms with Gasteiger partial charge in [0.25, 0.3) is 0 Å². The van der Waals surface area contributed by atoms with Gasteiger partial charge in [-0.3, -0.25) is 9.59 Å². The molecule has 1 unspecified atom stereocenters. The molecule has 0 radical (unpaired) electrons. The zero-order valence-electron chi connectivity index (χ0n) is 10.7. The molecule has 19 heavy (non-hydrogen) atoms. The molecule has 0 fully saturated rings. The van der Waals surface area contributed by atoms with Crippen molar-refractivity contribution < 1.29 is 19.4 Å². The normalized spacial score (nSPS) is 12.1. The highest BCUT2D eigenvalue weighted by atomic mass is 16.5. The minimum atomic E-state index is -0.943. The lowest BCUT2D eigenvalue weighted by atomic mass is 10.2. The highest BCUT2D eigenvalue weighted by Crippen LogP contribution is 2.00. The van der Waals surface area contributed by atoms with Gasteiger partial charge in [0.05, 0.1) is 19.6 Å². The van der Waals surface area contributed by atoms with Crippen LogP contribution in [0.25, 0.3) is 6.08 Å². The van der Waals surface area contributed by atoms with Crippen molar-refractivity contribution in [3.05, 3.63) is 42.0 Å². The molecule has 0 saturated heterocycles. The maximum Gasteiger partial charge on any atom is 0.308 e. The molecule has 1 aromatic rings. The summed E-state index contributed by atoms with van der Waals surface area (Å²) >= 11 is 0. The predicted molar refractivity (Wildman–Crippen MR) is 71.1 cm³/mol. The molecule has 0 aromatic heterocycles. The number of esters is 1. The Morgan fingerprint density at radius 2 is 2.05 bits per heavy atom. The molecule has 0 bridgehead atoms. The molecule has 0 aliphatic carbocycles. The van der Waals surface area contributed by atoms with Crippen LogP contribution in [0.15, 0.2) is 36.4 Å². The van der Waals surface area contributed by atoms with E-state index in [2.05, 4.69) is 10.1 Å². The number of hydrogen-bond acceptors (Lipinski definition) is 4. The van der Waals surface area contributed by atoms with Crippen molar-refractivity contribution in [1.82, 2.24) is 5.32 Å². The first-order valence-corrected chi connectivity index (χ1v) is 5.87. The molecule has 102 valence electrons. The van der Waals surface area contributed by atoms with Gasteiger partial charge in [0.1, 0.15) is 0 Å². The first-order valence-electron chi connectivity index (χ1n) is 5.87. The Hall–Kier alpha value is -2.14. The summed E-state index contributed by atoms with van der Waals surface area (Å²) in [5.74, 6) is -0.839. The fraction of sp³-hybridized carbons (Fsp3) is 0.286. The largest absolute Gasteiger partial charge is 0.469 e. The first kappa shape index (κ1) is 14.9. The van der Waals surface area contributed by atoms with Crippen LogP contribution in [0.4, 0.5) is 0 Å². The van der Waals surface area contributed by atoms with Gasteiger partial charge in [0.15, 0.2) is 0 Å². The van der Waals surface area contributed by atoms with Gasteiger partial charge in [-0.15, -0.1) is 0 Å². The van der Waals surface area contributed by atoms with Crippen molar-refractivity contribution in [1.29, 1.82) is 0 Å². The summed E-state index contributed by atoms with van der Waals surface area (Å²) < 4.78 is 4.41. The number of aliphatic hydroxyl groups is 1. The van der Waals surface area contributed by atoms with Crippen molar-refractivity contribution in [2.45, 2.75) is 12.5 Å². The maximum atomic E-state index is 11.5. The number of methoxy groups -OCH3 is 1. The van der Waals surface area contributed by atoms with Crippen molar-refractivity contribution in [3.63, 3.8) is 0 Å². The molecule has 0 aliphatic heterocycles. The number of aliphatic hydroxyl groups excluding tert-OH is 1. The van der Waals surface area contributed by atoms with Gasteiger partial charge >= 0.3 is 5.97 Å². The maximum absolute atomic E-state index is 11.5. The molecular formula is C14H17NO4. The molecule has 5 nitrogen and oxygen atoms in total. The third kappa shape index (κ3) is 6.38. The minimum absolute atomic E-state index is 0.00701. The van der Waals surface area contributed by atoms with E-state index in [-0.39, 0.29) is 18.9 Å². The molecule has 0 heterocycles. The summed E-state index contributed by atoms with van der Waals surface area (Å²) in [6, 6.07) is 9.38. The molecule has 2 N–H and O–H groups in total. The van der Waals surface area contributed by atoms with Crippen molar-refractivity contribution in [2.24, 2.45) is 0 Å². The zero-order valence-corrected chi connectivity index (χ0v) is 10.7. The average Bonchev–Trinajstić information content (AvgIpc) is 2.43. The third-order valence-corrected chi connectivity index (χ3v) is 2.37. The van der Waals surface area contributed by atoms with Crippen LogP contribution in [0, 0.1) is 0 Å². The third-order valence-electron chi connectivity index (χ3n) is 2.37. The van der Waals surface area contributed by atoms with Crippen LogP contribution >= 0.6 is 0 Å². The van der Waals surface area contributed by atoms with Gasteiger partial charge in [-0.1, -0.05) is 30.3 Å². The van der Waals surface area contributed by atoms with E-state index in [4.69, 9.17) is 0 Å². The van der Waals surface area contributed by atoms with Crippen LogP contribution < -0.4 is 5.32 Å². The van der Waals surface area contributed by atoms with E-state index in [1.165, 1.54) is 13.2 Å². The highest BCUT2D eigenvalue weighted by molar-refractivity contribution is 5.91. The van der Waals surface area contributed by atoms with Crippen molar-refractivity contribution in [2.75, 3.05) is 13.7 Å². The van der Waals surface area contributed by atoms with E-state index >= 15 is 0 Å². The molecular weight excluding hydrogens is 246 g/mol. The summed E-state index contributed by atoms with van der Waals surface area (Å²) in [6.45, 7) is 0.00701. The van der Waals surface area contributed by atoms with E-state index in [9.17, 15) is 14.7 Å². The number of carbonyl (C=O) groups excluding carboxylic acids is 2. The predicted octanol–water partition coefficient (Wildman–Crippen LogP) is 0.740. The molecule has 1 rings (SSSR count). The van der Waals surface area contributed by atoms with Crippen LogP contribution in [0.2, 0.25) is 0 Å². The Labute approximate surface area is 111 Å². The number of hydrogen-bond donors (Lipinski definition) is 2. The number of rotatable bonds is 6. The van der Waals surface area contributed by atoms with E-state index < -0.39 is 12.1 Å². The van der Waals surface area contributed by atoms with E-state index in [0.29, 0.717) is 0 Å². The van der Waals surface area contributed by atoms with Gasteiger partial charge in [0, 0.05) is 12.6 Å². The standard InChI is InChI=1S/C14H17NO4/c1-19-14(18)9-12(16)10-15-13(17)8-7-11-5-3-2-4-6-11/h2-8,12,16H,9-10H2,1H3,(H,15,17). The Morgan fingerprint density at radius 3 is 2.68 bits per heavy atom. The number of carbonyl (C=O) groups is 2. The lowest BCUT2D eigenvalue weighted by Gasteiger charge is -2.09. The summed E-state index contributed by atoms with van der Waals surface area (Å²) in [5.41, 5.74) is 0.910. The van der Waals surface area contributed by atoms with Gasteiger partial charge in [-0.2, -0.15) is 0 Å². The zero-order chi connectivity index (χ0) is 14.1.